The fourth-order valence-electron chi connectivity index (χ4n) is 2.52. The molecule has 14 heteroatoms. The van der Waals surface area contributed by atoms with Gasteiger partial charge in [-0.05, 0) is 129 Å². The highest BCUT2D eigenvalue weighted by Gasteiger charge is 2.19. The van der Waals surface area contributed by atoms with Crippen LogP contribution in [0.15, 0.2) is 0 Å². The molecule has 0 amide bonds. The van der Waals surface area contributed by atoms with Crippen LogP contribution in [0, 0.1) is 118 Å². The number of rotatable bonds is 11. The molecule has 292 valence electrons. The highest BCUT2D eigenvalue weighted by Crippen LogP contribution is 2.04. The molecule has 0 aromatic carbocycles. The average Bonchev–Trinajstić information content (AvgIpc) is 3.01. The Morgan fingerprint density at radius 2 is 1.00 bits per heavy atom. The van der Waals surface area contributed by atoms with Crippen LogP contribution in [0.3, 0.4) is 0 Å². The van der Waals surface area contributed by atoms with E-state index in [2.05, 4.69) is 143 Å². The minimum absolute atomic E-state index is 0. The van der Waals surface area contributed by atoms with E-state index in [0.29, 0.717) is 13.2 Å². The monoisotopic (exact) mass is 734 g/mol. The molecule has 0 aliphatic rings. The fraction of sp³-hybridized carbons (Fsp3) is 0.382. The largest absolute Gasteiger partial charge is 0.726 e. The molecule has 0 rings (SSSR count). The van der Waals surface area contributed by atoms with Crippen molar-refractivity contribution in [2.45, 2.75) is 34.6 Å². The SMILES string of the molecule is CC#CC#CC#CC#CC#CC#CC#CC#CC#CC#CC(=O)OCCOCC[N+](CC)(CC)CC.CCOS(=O)(=O)[O-].O=S(=O)([O-])O.[HH].[HH].[HH].[HH].[HH].[HH].[HH].[HH].[HH].[HH].[HH].[HH].[HH].[HH].[HH].[HH].[HH].[HH].[HH].[HH]. The first-order valence-electron chi connectivity index (χ1n) is 13.5. The van der Waals surface area contributed by atoms with E-state index in [1.807, 2.05) is 0 Å². The van der Waals surface area contributed by atoms with E-state index >= 15 is 0 Å². The van der Waals surface area contributed by atoms with Gasteiger partial charge in [0.1, 0.15) is 13.2 Å². The van der Waals surface area contributed by atoms with Crippen molar-refractivity contribution in [2.24, 2.45) is 0 Å². The van der Waals surface area contributed by atoms with E-state index in [1.54, 1.807) is 6.92 Å². The number of ether oxygens (including phenoxy) is 2. The molecule has 48 heavy (non-hydrogen) atoms. The van der Waals surface area contributed by atoms with Gasteiger partial charge in [0.05, 0.1) is 39.5 Å². The standard InChI is InChI=1S/C32H26NO3.C2H6O4S.H2O4S.20H2/c1-5-9-10-11-12-13-14-15-16-17-18-19-20-21-22-23-24-25-26-27-32(34)36-31-30-35-29-28-33(6-2,7-3)8-4;1-2-6-7(3,4)5;1-5(2,3)4;;;;;;;;;;;;;;;;;;;;/h6-8,28-31H2,1-4H3;2H2,1H3,(H,3,4,5);(H2,1,2,3,4);20*1H/q+1;;;;;;;;;;;;;;;;;;;;;;/p-2. The van der Waals surface area contributed by atoms with E-state index in [0.717, 1.165) is 30.7 Å². The molecule has 0 aliphatic heterocycles. The third-order valence-corrected chi connectivity index (χ3v) is 5.32. The van der Waals surface area contributed by atoms with Gasteiger partial charge in [-0.2, -0.15) is 0 Å². The Hall–Kier alpha value is -5.27. The van der Waals surface area contributed by atoms with Gasteiger partial charge in [0.25, 0.3) is 0 Å². The van der Waals surface area contributed by atoms with Gasteiger partial charge in [-0.15, -0.1) is 0 Å². The van der Waals surface area contributed by atoms with Crippen LogP contribution in [0.5, 0.6) is 0 Å². The van der Waals surface area contributed by atoms with Gasteiger partial charge < -0.3 is 23.1 Å². The van der Waals surface area contributed by atoms with Gasteiger partial charge in [0, 0.05) is 46.3 Å². The smallest absolute Gasteiger partial charge is 0.385 e. The maximum absolute atomic E-state index is 11.5. The topological polar surface area (TPSA) is 179 Å². The normalized spacial score (nSPS) is 8.42. The summed E-state index contributed by atoms with van der Waals surface area (Å²) < 4.78 is 76.4. The zero-order valence-corrected chi connectivity index (χ0v) is 28.6. The summed E-state index contributed by atoms with van der Waals surface area (Å²) in [6.45, 7) is 14.8. The number of esters is 1. The van der Waals surface area contributed by atoms with Gasteiger partial charge >= 0.3 is 5.97 Å². The molecule has 0 bridgehead atoms. The van der Waals surface area contributed by atoms with Crippen molar-refractivity contribution in [3.63, 3.8) is 0 Å². The molecule has 0 radical (unpaired) electrons. The molecule has 0 heterocycles. The second-order valence-electron chi connectivity index (χ2n) is 7.63. The van der Waals surface area contributed by atoms with Crippen LogP contribution in [-0.2, 0) is 39.2 Å². The van der Waals surface area contributed by atoms with Crippen LogP contribution in [0.2, 0.25) is 0 Å². The van der Waals surface area contributed by atoms with E-state index in [-0.39, 0.29) is 41.7 Å². The van der Waals surface area contributed by atoms with Crippen molar-refractivity contribution < 1.29 is 82.0 Å². The zero-order chi connectivity index (χ0) is 37.0. The Morgan fingerprint density at radius 3 is 1.29 bits per heavy atom. The Kier molecular flexibility index (Phi) is 31.1. The first-order valence-corrected chi connectivity index (χ1v) is 16.2. The molecule has 0 aliphatic carbocycles. The number of likely N-dealkylation sites (N-methyl/N-ethyl adjacent to an activating group) is 1. The van der Waals surface area contributed by atoms with Crippen molar-refractivity contribution in [3.8, 4) is 118 Å². The Balaban J connectivity index is -0.0000000269. The van der Waals surface area contributed by atoms with E-state index in [1.165, 1.54) is 6.92 Å². The number of carbonyl (C=O) groups excluding carboxylic acids is 1. The molecule has 0 atom stereocenters. The summed E-state index contributed by atoms with van der Waals surface area (Å²) in [5.41, 5.74) is 0. The zero-order valence-electron chi connectivity index (χ0n) is 27.0. The van der Waals surface area contributed by atoms with Crippen LogP contribution in [-0.4, -0.2) is 93.6 Å². The first-order chi connectivity index (χ1) is 22.7. The summed E-state index contributed by atoms with van der Waals surface area (Å²) in [6, 6.07) is 0. The van der Waals surface area contributed by atoms with Gasteiger partial charge in [0.2, 0.25) is 20.8 Å². The minimum atomic E-state index is -4.92. The van der Waals surface area contributed by atoms with Gasteiger partial charge in [-0.3, -0.25) is 8.74 Å². The third-order valence-electron chi connectivity index (χ3n) is 4.80. The molecule has 0 unspecified atom stereocenters. The van der Waals surface area contributed by atoms with Crippen LogP contribution >= 0.6 is 0 Å². The number of hydrogen-bond donors (Lipinski definition) is 1. The van der Waals surface area contributed by atoms with Crippen molar-refractivity contribution in [2.75, 3.05) is 52.6 Å². The second-order valence-corrected chi connectivity index (χ2v) is 9.54. The van der Waals surface area contributed by atoms with Crippen LogP contribution < -0.4 is 0 Å². The highest BCUT2D eigenvalue weighted by molar-refractivity contribution is 7.80. The molecule has 0 saturated carbocycles. The summed E-state index contributed by atoms with van der Waals surface area (Å²) in [6.07, 6.45) is 0. The number of carbonyl (C=O) groups is 1. The predicted octanol–water partition coefficient (Wildman–Crippen LogP) is 4.88. The Morgan fingerprint density at radius 1 is 0.646 bits per heavy atom. The van der Waals surface area contributed by atoms with Crippen molar-refractivity contribution in [1.29, 1.82) is 0 Å². The summed E-state index contributed by atoms with van der Waals surface area (Å²) >= 11 is 0. The summed E-state index contributed by atoms with van der Waals surface area (Å²) in [7, 11) is -9.34. The van der Waals surface area contributed by atoms with Crippen molar-refractivity contribution in [1.82, 2.24) is 0 Å². The molecule has 0 spiro atoms. The Bertz CT molecular complexity index is 1940. The molecule has 0 saturated heterocycles. The molecule has 0 aromatic rings. The summed E-state index contributed by atoms with van der Waals surface area (Å²) in [5.74, 6) is 49.1. The van der Waals surface area contributed by atoms with Gasteiger partial charge in [0.15, 0.2) is 0 Å². The maximum atomic E-state index is 11.5. The lowest BCUT2D eigenvalue weighted by molar-refractivity contribution is -0.923. The third kappa shape index (κ3) is 42.9. The average molecular weight is 735 g/mol. The lowest BCUT2D eigenvalue weighted by atomic mass is 10.3. The second kappa shape index (κ2) is 31.7. The first kappa shape index (κ1) is 47.1. The summed E-state index contributed by atoms with van der Waals surface area (Å²) in [4.78, 5) is 11.5. The molecular weight excluding hydrogens is 663 g/mol. The van der Waals surface area contributed by atoms with Gasteiger partial charge in [-0.1, -0.05) is 5.92 Å². The predicted molar refractivity (Wildman–Crippen MR) is 218 cm³/mol. The quantitative estimate of drug-likeness (QED) is 0.0581. The minimum Gasteiger partial charge on any atom is -0.726 e. The Labute approximate surface area is 314 Å². The molecular formula is C34H72NO11S2-. The van der Waals surface area contributed by atoms with E-state index < -0.39 is 26.8 Å². The van der Waals surface area contributed by atoms with Crippen LogP contribution in [0.1, 0.15) is 63.2 Å². The van der Waals surface area contributed by atoms with Crippen LogP contribution in [0.4, 0.5) is 0 Å². The number of hydrogen-bond acceptors (Lipinski definition) is 10. The maximum Gasteiger partial charge on any atom is 0.385 e. The summed E-state index contributed by atoms with van der Waals surface area (Å²) in [5, 5.41) is 0. The van der Waals surface area contributed by atoms with Crippen molar-refractivity contribution >= 4 is 26.8 Å². The van der Waals surface area contributed by atoms with Crippen LogP contribution in [0.25, 0.3) is 0 Å². The highest BCUT2D eigenvalue weighted by atomic mass is 32.3. The molecule has 12 nitrogen and oxygen atoms in total. The van der Waals surface area contributed by atoms with E-state index in [4.69, 9.17) is 27.0 Å². The van der Waals surface area contributed by atoms with Gasteiger partial charge in [-0.25, -0.2) is 21.6 Å². The lowest BCUT2D eigenvalue weighted by Crippen LogP contribution is -2.49. The number of nitrogens with zero attached hydrogens (tertiary/aromatic N) is 1. The van der Waals surface area contributed by atoms with E-state index in [9.17, 15) is 17.8 Å². The number of quaternary nitrogens is 1. The molecule has 1 N–H and O–H groups in total. The van der Waals surface area contributed by atoms with Crippen molar-refractivity contribution in [3.05, 3.63) is 0 Å². The fourth-order valence-corrected chi connectivity index (χ4v) is 2.81. The molecule has 0 aromatic heterocycles. The lowest BCUT2D eigenvalue weighted by Gasteiger charge is -2.35. The molecule has 0 fully saturated rings.